The molecule has 0 atom stereocenters. The molecule has 0 heterocycles. The van der Waals surface area contributed by atoms with Crippen LogP contribution in [0.4, 0.5) is 11.4 Å². The van der Waals surface area contributed by atoms with Gasteiger partial charge in [0, 0.05) is 20.5 Å². The van der Waals surface area contributed by atoms with E-state index < -0.39 is 0 Å². The Hall–Kier alpha value is -1.08. The Morgan fingerprint density at radius 3 is 2.45 bits per heavy atom. The molecular formula is C12H16Cl2N4OS. The number of benzene rings is 1. The van der Waals surface area contributed by atoms with Gasteiger partial charge in [-0.15, -0.1) is 0 Å². The van der Waals surface area contributed by atoms with Gasteiger partial charge in [-0.2, -0.15) is 0 Å². The minimum absolute atomic E-state index is 0.108. The van der Waals surface area contributed by atoms with Crippen molar-refractivity contribution >= 4 is 57.8 Å². The third-order valence-electron chi connectivity index (χ3n) is 2.59. The van der Waals surface area contributed by atoms with Crippen molar-refractivity contribution in [3.8, 4) is 0 Å². The summed E-state index contributed by atoms with van der Waals surface area (Å²) in [7, 11) is 1.60. The third-order valence-corrected chi connectivity index (χ3v) is 3.59. The van der Waals surface area contributed by atoms with Crippen molar-refractivity contribution in [2.45, 2.75) is 13.8 Å². The van der Waals surface area contributed by atoms with E-state index >= 15 is 0 Å². The van der Waals surface area contributed by atoms with Gasteiger partial charge >= 0.3 is 0 Å². The van der Waals surface area contributed by atoms with E-state index in [1.165, 1.54) is 16.8 Å². The topological polar surface area (TPSA) is 61.6 Å². The van der Waals surface area contributed by atoms with E-state index in [2.05, 4.69) is 5.32 Å². The smallest absolute Gasteiger partial charge is 0.223 e. The van der Waals surface area contributed by atoms with Gasteiger partial charge in [0.1, 0.15) is 0 Å². The van der Waals surface area contributed by atoms with E-state index in [1.54, 1.807) is 19.2 Å². The highest BCUT2D eigenvalue weighted by Gasteiger charge is 2.16. The molecule has 0 aliphatic rings. The summed E-state index contributed by atoms with van der Waals surface area (Å²) in [5.74, 6) is 5.40. The number of carbonyl (C=O) groups is 1. The van der Waals surface area contributed by atoms with Crippen LogP contribution in [0.1, 0.15) is 13.8 Å². The normalized spacial score (nSPS) is 10.1. The monoisotopic (exact) mass is 334 g/mol. The summed E-state index contributed by atoms with van der Waals surface area (Å²) >= 11 is 17.4. The molecule has 0 unspecified atom stereocenters. The third kappa shape index (κ3) is 3.96. The molecule has 3 N–H and O–H groups in total. The summed E-state index contributed by atoms with van der Waals surface area (Å²) in [5, 5.41) is 5.22. The quantitative estimate of drug-likeness (QED) is 0.505. The van der Waals surface area contributed by atoms with Gasteiger partial charge in [0.2, 0.25) is 5.91 Å². The summed E-state index contributed by atoms with van der Waals surface area (Å²) < 4.78 is 0. The summed E-state index contributed by atoms with van der Waals surface area (Å²) in [5.41, 5.74) is 1.09. The lowest BCUT2D eigenvalue weighted by molar-refractivity contribution is -0.116. The first-order chi connectivity index (χ1) is 9.27. The molecule has 8 heteroatoms. The fraction of sp³-hybridized carbons (Fsp3) is 0.333. The average molecular weight is 335 g/mol. The van der Waals surface area contributed by atoms with E-state index in [-0.39, 0.29) is 5.91 Å². The molecule has 20 heavy (non-hydrogen) atoms. The minimum Gasteiger partial charge on any atom is -0.330 e. The van der Waals surface area contributed by atoms with Gasteiger partial charge in [-0.25, -0.2) is 5.84 Å². The maximum Gasteiger partial charge on any atom is 0.223 e. The lowest BCUT2D eigenvalue weighted by atomic mass is 10.2. The minimum atomic E-state index is -0.108. The number of amides is 1. The van der Waals surface area contributed by atoms with Crippen LogP contribution in [-0.4, -0.2) is 29.6 Å². The van der Waals surface area contributed by atoms with Gasteiger partial charge in [-0.3, -0.25) is 9.80 Å². The van der Waals surface area contributed by atoms with Crippen molar-refractivity contribution in [1.29, 1.82) is 0 Å². The number of hydrogen-bond acceptors (Lipinski definition) is 3. The molecule has 1 aromatic carbocycles. The summed E-state index contributed by atoms with van der Waals surface area (Å²) in [6.45, 7) is 3.83. The highest BCUT2D eigenvalue weighted by atomic mass is 35.5. The second kappa shape index (κ2) is 7.08. The summed E-state index contributed by atoms with van der Waals surface area (Å²) in [6, 6.07) is 3.23. The molecule has 0 spiro atoms. The van der Waals surface area contributed by atoms with Gasteiger partial charge in [0.15, 0.2) is 5.11 Å². The van der Waals surface area contributed by atoms with Crippen LogP contribution in [-0.2, 0) is 4.79 Å². The lowest BCUT2D eigenvalue weighted by Gasteiger charge is -2.22. The average Bonchev–Trinajstić information content (AvgIpc) is 2.35. The highest BCUT2D eigenvalue weighted by Crippen LogP contribution is 2.35. The number of rotatable bonds is 3. The molecule has 0 radical (unpaired) electrons. The van der Waals surface area contributed by atoms with Crippen molar-refractivity contribution in [3.05, 3.63) is 22.2 Å². The Kier molecular flexibility index (Phi) is 6.01. The fourth-order valence-corrected chi connectivity index (χ4v) is 2.19. The zero-order chi connectivity index (χ0) is 15.4. The van der Waals surface area contributed by atoms with Crippen LogP contribution in [0.2, 0.25) is 10.0 Å². The maximum absolute atomic E-state index is 11.6. The van der Waals surface area contributed by atoms with E-state index in [0.717, 1.165) is 0 Å². The van der Waals surface area contributed by atoms with Crippen molar-refractivity contribution < 1.29 is 4.79 Å². The molecule has 0 saturated carbocycles. The number of halogens is 2. The van der Waals surface area contributed by atoms with Crippen LogP contribution in [0.3, 0.4) is 0 Å². The molecule has 0 aromatic heterocycles. The van der Waals surface area contributed by atoms with Crippen LogP contribution in [0.15, 0.2) is 12.1 Å². The van der Waals surface area contributed by atoms with Crippen molar-refractivity contribution in [2.24, 2.45) is 5.84 Å². The molecule has 0 bridgehead atoms. The Balaban J connectivity index is 3.14. The van der Waals surface area contributed by atoms with Gasteiger partial charge in [-0.1, -0.05) is 23.2 Å². The van der Waals surface area contributed by atoms with Crippen molar-refractivity contribution in [1.82, 2.24) is 5.01 Å². The number of nitrogens with one attached hydrogen (secondary N) is 1. The Bertz CT molecular complexity index is 536. The van der Waals surface area contributed by atoms with Crippen molar-refractivity contribution in [3.63, 3.8) is 0 Å². The van der Waals surface area contributed by atoms with E-state index in [9.17, 15) is 4.79 Å². The molecule has 1 amide bonds. The van der Waals surface area contributed by atoms with Crippen LogP contribution < -0.4 is 16.1 Å². The molecule has 0 aliphatic carbocycles. The molecule has 1 aromatic rings. The molecule has 5 nitrogen and oxygen atoms in total. The number of nitrogens with two attached hydrogens (primary N) is 1. The number of nitrogens with zero attached hydrogens (tertiary/aromatic N) is 2. The van der Waals surface area contributed by atoms with Crippen LogP contribution in [0, 0.1) is 0 Å². The number of thiocarbonyl (C=S) groups is 1. The molecule has 1 rings (SSSR count). The number of hydrogen-bond donors (Lipinski definition) is 2. The SMILES string of the molecule is CCN(C(C)=O)c1cc(Cl)c(NC(=S)N(C)N)cc1Cl. The predicted molar refractivity (Wildman–Crippen MR) is 88.3 cm³/mol. The maximum atomic E-state index is 11.6. The van der Waals surface area contributed by atoms with Gasteiger partial charge in [-0.05, 0) is 31.3 Å². The molecule has 0 fully saturated rings. The van der Waals surface area contributed by atoms with Gasteiger partial charge in [0.05, 0.1) is 21.4 Å². The Morgan fingerprint density at radius 1 is 1.40 bits per heavy atom. The standard InChI is InChI=1S/C12H16Cl2N4OS/c1-4-18(7(2)19)11-6-8(13)10(5-9(11)14)16-12(20)17(3)15/h5-6H,4,15H2,1-3H3,(H,16,20). The molecule has 0 aliphatic heterocycles. The predicted octanol–water partition coefficient (Wildman–Crippen LogP) is 2.87. The van der Waals surface area contributed by atoms with Crippen LogP contribution >= 0.6 is 35.4 Å². The lowest BCUT2D eigenvalue weighted by Crippen LogP contribution is -2.36. The zero-order valence-corrected chi connectivity index (χ0v) is 13.7. The largest absolute Gasteiger partial charge is 0.330 e. The summed E-state index contributed by atoms with van der Waals surface area (Å²) in [6.07, 6.45) is 0. The first-order valence-corrected chi connectivity index (χ1v) is 7.00. The highest BCUT2D eigenvalue weighted by molar-refractivity contribution is 7.80. The second-order valence-corrected chi connectivity index (χ2v) is 5.29. The number of anilines is 2. The first kappa shape index (κ1) is 17.0. The second-order valence-electron chi connectivity index (χ2n) is 4.09. The van der Waals surface area contributed by atoms with Gasteiger partial charge in [0.25, 0.3) is 0 Å². The van der Waals surface area contributed by atoms with Crippen molar-refractivity contribution in [2.75, 3.05) is 23.8 Å². The van der Waals surface area contributed by atoms with Gasteiger partial charge < -0.3 is 10.2 Å². The fourth-order valence-electron chi connectivity index (χ4n) is 1.60. The number of carbonyl (C=O) groups excluding carboxylic acids is 1. The Labute approximate surface area is 133 Å². The van der Waals surface area contributed by atoms with Crippen LogP contribution in [0.5, 0.6) is 0 Å². The van der Waals surface area contributed by atoms with E-state index in [4.69, 9.17) is 41.3 Å². The van der Waals surface area contributed by atoms with E-state index in [0.29, 0.717) is 33.1 Å². The Morgan fingerprint density at radius 2 is 2.00 bits per heavy atom. The van der Waals surface area contributed by atoms with Crippen LogP contribution in [0.25, 0.3) is 0 Å². The summed E-state index contributed by atoms with van der Waals surface area (Å²) in [4.78, 5) is 13.1. The van der Waals surface area contributed by atoms with E-state index in [1.807, 2.05) is 6.92 Å². The molecule has 110 valence electrons. The molecule has 0 saturated heterocycles. The first-order valence-electron chi connectivity index (χ1n) is 5.84. The zero-order valence-electron chi connectivity index (χ0n) is 11.4. The molecular weight excluding hydrogens is 319 g/mol. The number of hydrazine groups is 1.